The number of carbonyl (C=O) groups is 2. The van der Waals surface area contributed by atoms with Gasteiger partial charge in [-0.05, 0) is 11.5 Å². The molecule has 0 heterocycles. The molecule has 2 amide bonds. The van der Waals surface area contributed by atoms with E-state index < -0.39 is 18.0 Å². The van der Waals surface area contributed by atoms with E-state index in [9.17, 15) is 9.59 Å². The number of hydrogen-bond acceptors (Lipinski definition) is 5. The average Bonchev–Trinajstić information content (AvgIpc) is 2.52. The van der Waals surface area contributed by atoms with E-state index in [2.05, 4.69) is 0 Å². The van der Waals surface area contributed by atoms with Crippen LogP contribution in [0, 0.1) is 5.92 Å². The zero-order valence-electron chi connectivity index (χ0n) is 12.6. The van der Waals surface area contributed by atoms with Crippen molar-refractivity contribution in [2.45, 2.75) is 32.9 Å². The van der Waals surface area contributed by atoms with Crippen LogP contribution in [0.25, 0.3) is 0 Å². The molecule has 1 aromatic carbocycles. The Morgan fingerprint density at radius 2 is 1.90 bits per heavy atom. The summed E-state index contributed by atoms with van der Waals surface area (Å²) in [5.41, 5.74) is 6.63. The van der Waals surface area contributed by atoms with Gasteiger partial charge in [-0.3, -0.25) is 9.63 Å². The van der Waals surface area contributed by atoms with Crippen molar-refractivity contribution in [3.8, 4) is 0 Å². The van der Waals surface area contributed by atoms with Gasteiger partial charge in [-0.2, -0.15) is 0 Å². The molecule has 0 aliphatic carbocycles. The predicted molar refractivity (Wildman–Crippen MR) is 77.9 cm³/mol. The molecule has 1 rings (SSSR count). The van der Waals surface area contributed by atoms with Crippen LogP contribution in [0.4, 0.5) is 4.79 Å². The van der Waals surface area contributed by atoms with Gasteiger partial charge in [-0.25, -0.2) is 4.79 Å². The average molecular weight is 294 g/mol. The maximum atomic E-state index is 12.1. The quantitative estimate of drug-likeness (QED) is 0.812. The molecule has 0 unspecified atom stereocenters. The number of amides is 2. The van der Waals surface area contributed by atoms with E-state index in [1.807, 2.05) is 44.2 Å². The van der Waals surface area contributed by atoms with E-state index in [1.54, 1.807) is 0 Å². The van der Waals surface area contributed by atoms with Gasteiger partial charge in [0.1, 0.15) is 6.61 Å². The topological polar surface area (TPSA) is 81.9 Å². The van der Waals surface area contributed by atoms with E-state index in [0.717, 1.165) is 12.0 Å². The van der Waals surface area contributed by atoms with Gasteiger partial charge in [0.05, 0.1) is 13.2 Å². The number of nitrogens with two attached hydrogens (primary N) is 1. The lowest BCUT2D eigenvalue weighted by atomic mass is 9.99. The first kappa shape index (κ1) is 17.1. The third-order valence-corrected chi connectivity index (χ3v) is 3.30. The minimum atomic E-state index is -0.870. The normalized spacial score (nSPS) is 13.3. The smallest absolute Gasteiger partial charge is 0.441 e. The molecule has 0 aromatic heterocycles. The Morgan fingerprint density at radius 1 is 1.29 bits per heavy atom. The number of hydroxylamine groups is 2. The zero-order valence-corrected chi connectivity index (χ0v) is 12.6. The fourth-order valence-electron chi connectivity index (χ4n) is 1.67. The van der Waals surface area contributed by atoms with E-state index >= 15 is 0 Å². The van der Waals surface area contributed by atoms with Crippen LogP contribution in [0.15, 0.2) is 30.3 Å². The Hall–Kier alpha value is -1.92. The number of hydrogen-bond donors (Lipinski definition) is 1. The van der Waals surface area contributed by atoms with Crippen molar-refractivity contribution in [3.63, 3.8) is 0 Å². The van der Waals surface area contributed by atoms with Crippen LogP contribution in [0.3, 0.4) is 0 Å². The largest absolute Gasteiger partial charge is 0.443 e. The van der Waals surface area contributed by atoms with Crippen LogP contribution >= 0.6 is 0 Å². The number of benzene rings is 1. The lowest BCUT2D eigenvalue weighted by Crippen LogP contribution is -2.49. The fraction of sp³-hybridized carbons (Fsp3) is 0.467. The number of imide groups is 1. The van der Waals surface area contributed by atoms with E-state index in [1.165, 1.54) is 7.11 Å². The Balaban J connectivity index is 2.62. The summed E-state index contributed by atoms with van der Waals surface area (Å²) in [5.74, 6) is -0.665. The van der Waals surface area contributed by atoms with Gasteiger partial charge in [0.25, 0.3) is 5.91 Å². The first-order valence-corrected chi connectivity index (χ1v) is 6.85. The first-order chi connectivity index (χ1) is 10.0. The standard InChI is InChI=1S/C15H22N2O4/c1-4-11(2)13(16)14(18)17(20-3)15(19)21-10-12-8-6-5-7-9-12/h5-9,11,13H,4,10,16H2,1-3H3/t11-,13-/m0/s1. The highest BCUT2D eigenvalue weighted by Gasteiger charge is 2.31. The van der Waals surface area contributed by atoms with Crippen molar-refractivity contribution in [2.24, 2.45) is 11.7 Å². The van der Waals surface area contributed by atoms with E-state index in [-0.39, 0.29) is 12.5 Å². The van der Waals surface area contributed by atoms with Gasteiger partial charge in [0.2, 0.25) is 0 Å². The monoisotopic (exact) mass is 294 g/mol. The highest BCUT2D eigenvalue weighted by molar-refractivity contribution is 5.93. The molecule has 21 heavy (non-hydrogen) atoms. The van der Waals surface area contributed by atoms with Crippen LogP contribution < -0.4 is 5.73 Å². The molecule has 2 N–H and O–H groups in total. The Morgan fingerprint density at radius 3 is 2.43 bits per heavy atom. The Labute approximate surface area is 124 Å². The van der Waals surface area contributed by atoms with Crippen molar-refractivity contribution in [3.05, 3.63) is 35.9 Å². The summed E-state index contributed by atoms with van der Waals surface area (Å²) in [6, 6.07) is 8.36. The van der Waals surface area contributed by atoms with E-state index in [4.69, 9.17) is 15.3 Å². The highest BCUT2D eigenvalue weighted by atomic mass is 16.7. The van der Waals surface area contributed by atoms with Crippen molar-refractivity contribution in [2.75, 3.05) is 7.11 Å². The lowest BCUT2D eigenvalue weighted by molar-refractivity contribution is -0.169. The van der Waals surface area contributed by atoms with Crippen molar-refractivity contribution in [1.29, 1.82) is 0 Å². The lowest BCUT2D eigenvalue weighted by Gasteiger charge is -2.23. The van der Waals surface area contributed by atoms with Gasteiger partial charge in [-0.1, -0.05) is 50.6 Å². The van der Waals surface area contributed by atoms with Crippen molar-refractivity contribution < 1.29 is 19.2 Å². The third-order valence-electron chi connectivity index (χ3n) is 3.30. The third kappa shape index (κ3) is 4.84. The predicted octanol–water partition coefficient (Wildman–Crippen LogP) is 2.09. The molecule has 6 heteroatoms. The minimum absolute atomic E-state index is 0.0583. The van der Waals surface area contributed by atoms with Gasteiger partial charge in [0, 0.05) is 0 Å². The van der Waals surface area contributed by atoms with Crippen molar-refractivity contribution >= 4 is 12.0 Å². The van der Waals surface area contributed by atoms with Gasteiger partial charge < -0.3 is 10.5 Å². The molecular weight excluding hydrogens is 272 g/mol. The summed E-state index contributed by atoms with van der Waals surface area (Å²) in [7, 11) is 1.23. The molecule has 6 nitrogen and oxygen atoms in total. The molecule has 0 fully saturated rings. The molecule has 0 bridgehead atoms. The van der Waals surface area contributed by atoms with Gasteiger partial charge >= 0.3 is 6.09 Å². The van der Waals surface area contributed by atoms with Crippen molar-refractivity contribution in [1.82, 2.24) is 5.06 Å². The van der Waals surface area contributed by atoms with Crippen LogP contribution in [0.2, 0.25) is 0 Å². The molecule has 0 radical (unpaired) electrons. The molecule has 0 spiro atoms. The molecule has 116 valence electrons. The second-order valence-corrected chi connectivity index (χ2v) is 4.77. The van der Waals surface area contributed by atoms with Crippen LogP contribution in [-0.4, -0.2) is 30.2 Å². The molecule has 0 saturated heterocycles. The van der Waals surface area contributed by atoms with Crippen LogP contribution in [0.5, 0.6) is 0 Å². The number of rotatable bonds is 6. The van der Waals surface area contributed by atoms with Crippen LogP contribution in [-0.2, 0) is 21.0 Å². The molecule has 1 aromatic rings. The summed E-state index contributed by atoms with van der Waals surface area (Å²) in [6.07, 6.45) is -0.145. The second-order valence-electron chi connectivity index (χ2n) is 4.77. The zero-order chi connectivity index (χ0) is 15.8. The molecule has 0 aliphatic rings. The fourth-order valence-corrected chi connectivity index (χ4v) is 1.67. The highest BCUT2D eigenvalue weighted by Crippen LogP contribution is 2.10. The summed E-state index contributed by atoms with van der Waals surface area (Å²) < 4.78 is 5.05. The van der Waals surface area contributed by atoms with E-state index in [0.29, 0.717) is 5.06 Å². The SMILES string of the molecule is CC[C@H](C)[C@H](N)C(=O)N(OC)C(=O)OCc1ccccc1. The first-order valence-electron chi connectivity index (χ1n) is 6.85. The summed E-state index contributed by atoms with van der Waals surface area (Å²) >= 11 is 0. The second kappa shape index (κ2) is 8.39. The molecular formula is C15H22N2O4. The van der Waals surface area contributed by atoms with Crippen LogP contribution in [0.1, 0.15) is 25.8 Å². The van der Waals surface area contributed by atoms with Gasteiger partial charge in [0.15, 0.2) is 0 Å². The maximum Gasteiger partial charge on any atom is 0.441 e. The summed E-state index contributed by atoms with van der Waals surface area (Å²) in [4.78, 5) is 28.8. The minimum Gasteiger partial charge on any atom is -0.443 e. The summed E-state index contributed by atoms with van der Waals surface area (Å²) in [5, 5.41) is 0.569. The maximum absolute atomic E-state index is 12.1. The molecule has 2 atom stereocenters. The van der Waals surface area contributed by atoms with Gasteiger partial charge in [-0.15, -0.1) is 5.06 Å². The Bertz CT molecular complexity index is 464. The Kier molecular flexibility index (Phi) is 6.84. The number of nitrogens with zero attached hydrogens (tertiary/aromatic N) is 1. The summed E-state index contributed by atoms with van der Waals surface area (Å²) in [6.45, 7) is 3.82. The molecule has 0 saturated carbocycles. The number of ether oxygens (including phenoxy) is 1. The number of carbonyl (C=O) groups excluding carboxylic acids is 2. The molecule has 0 aliphatic heterocycles.